The fourth-order valence-corrected chi connectivity index (χ4v) is 5.08. The molecule has 29 heavy (non-hydrogen) atoms. The molecule has 1 aliphatic carbocycles. The minimum atomic E-state index is 0.648. The van der Waals surface area contributed by atoms with Gasteiger partial charge in [0, 0.05) is 24.5 Å². The molecule has 0 saturated heterocycles. The molecular weight excluding hydrogens is 382 g/mol. The van der Waals surface area contributed by atoms with E-state index < -0.39 is 0 Å². The molecule has 6 heteroatoms. The summed E-state index contributed by atoms with van der Waals surface area (Å²) in [6.45, 7) is 0. The van der Waals surface area contributed by atoms with Gasteiger partial charge in [0.15, 0.2) is 5.16 Å². The van der Waals surface area contributed by atoms with E-state index in [-0.39, 0.29) is 0 Å². The Hall–Kier alpha value is -2.34. The van der Waals surface area contributed by atoms with Crippen LogP contribution in [0.4, 0.5) is 5.69 Å². The van der Waals surface area contributed by atoms with E-state index in [1.165, 1.54) is 43.4 Å². The van der Waals surface area contributed by atoms with Crippen molar-refractivity contribution >= 4 is 28.5 Å². The number of para-hydroxylation sites is 1. The number of methoxy groups -OCH3 is 2. The van der Waals surface area contributed by atoms with Crippen LogP contribution in [0.3, 0.4) is 0 Å². The van der Waals surface area contributed by atoms with Gasteiger partial charge in [0.2, 0.25) is 0 Å². The summed E-state index contributed by atoms with van der Waals surface area (Å²) in [7, 11) is 5.59. The van der Waals surface area contributed by atoms with Gasteiger partial charge in [0.05, 0.1) is 14.2 Å². The van der Waals surface area contributed by atoms with Crippen molar-refractivity contribution < 1.29 is 9.47 Å². The van der Waals surface area contributed by atoms with Crippen LogP contribution < -0.4 is 14.4 Å². The van der Waals surface area contributed by atoms with Crippen molar-refractivity contribution in [1.29, 1.82) is 0 Å². The lowest BCUT2D eigenvalue weighted by Crippen LogP contribution is -2.33. The third kappa shape index (κ3) is 4.17. The zero-order valence-corrected chi connectivity index (χ0v) is 18.2. The summed E-state index contributed by atoms with van der Waals surface area (Å²) in [5.74, 6) is 2.39. The van der Waals surface area contributed by atoms with Crippen LogP contribution in [-0.2, 0) is 5.75 Å². The largest absolute Gasteiger partial charge is 0.494 e. The third-order valence-corrected chi connectivity index (χ3v) is 6.77. The minimum Gasteiger partial charge on any atom is -0.494 e. The Labute approximate surface area is 176 Å². The van der Waals surface area contributed by atoms with Crippen LogP contribution in [0.1, 0.15) is 37.7 Å². The van der Waals surface area contributed by atoms with E-state index in [0.29, 0.717) is 6.04 Å². The number of nitrogens with zero attached hydrogens (tertiary/aromatic N) is 2. The summed E-state index contributed by atoms with van der Waals surface area (Å²) < 4.78 is 10.9. The van der Waals surface area contributed by atoms with E-state index in [2.05, 4.69) is 41.2 Å². The van der Waals surface area contributed by atoms with Crippen LogP contribution in [0.2, 0.25) is 0 Å². The second-order valence-electron chi connectivity index (χ2n) is 7.56. The van der Waals surface area contributed by atoms with E-state index in [1.54, 1.807) is 26.0 Å². The molecule has 1 heterocycles. The predicted octanol–water partition coefficient (Wildman–Crippen LogP) is 5.64. The van der Waals surface area contributed by atoms with Gasteiger partial charge in [-0.15, -0.1) is 0 Å². The highest BCUT2D eigenvalue weighted by Crippen LogP contribution is 2.35. The molecule has 1 N–H and O–H groups in total. The summed E-state index contributed by atoms with van der Waals surface area (Å²) in [5, 5.41) is 0.873. The Morgan fingerprint density at radius 1 is 1.03 bits per heavy atom. The topological polar surface area (TPSA) is 50.4 Å². The molecule has 1 saturated carbocycles. The molecule has 1 aromatic heterocycles. The first kappa shape index (κ1) is 20.0. The fourth-order valence-electron chi connectivity index (χ4n) is 4.21. The smallest absolute Gasteiger partial charge is 0.166 e. The number of anilines is 1. The van der Waals surface area contributed by atoms with Gasteiger partial charge in [-0.25, -0.2) is 4.98 Å². The number of H-pyrrole nitrogens is 1. The molecule has 0 radical (unpaired) electrons. The van der Waals surface area contributed by atoms with E-state index in [4.69, 9.17) is 14.5 Å². The number of fused-ring (bicyclic) bond motifs is 1. The summed E-state index contributed by atoms with van der Waals surface area (Å²) in [5.41, 5.74) is 4.35. The van der Waals surface area contributed by atoms with Crippen molar-refractivity contribution in [1.82, 2.24) is 9.97 Å². The van der Waals surface area contributed by atoms with Gasteiger partial charge in [-0.05, 0) is 36.6 Å². The van der Waals surface area contributed by atoms with Crippen LogP contribution in [0.5, 0.6) is 11.5 Å². The Morgan fingerprint density at radius 3 is 2.52 bits per heavy atom. The molecule has 0 spiro atoms. The predicted molar refractivity (Wildman–Crippen MR) is 120 cm³/mol. The highest BCUT2D eigenvalue weighted by Gasteiger charge is 2.20. The number of ether oxygens (including phenoxy) is 2. The van der Waals surface area contributed by atoms with Crippen molar-refractivity contribution in [2.75, 3.05) is 26.2 Å². The van der Waals surface area contributed by atoms with E-state index in [9.17, 15) is 0 Å². The van der Waals surface area contributed by atoms with Gasteiger partial charge in [0.1, 0.15) is 22.5 Å². The maximum Gasteiger partial charge on any atom is 0.166 e. The van der Waals surface area contributed by atoms with Crippen LogP contribution in [0.25, 0.3) is 11.0 Å². The molecule has 0 bridgehead atoms. The average Bonchev–Trinajstić information content (AvgIpc) is 3.21. The monoisotopic (exact) mass is 411 g/mol. The Morgan fingerprint density at radius 2 is 1.76 bits per heavy atom. The SMILES string of the molecule is COc1ccc(OC)c2[nH]c(SCc3ccccc3N(C)C3CCCCC3)nc12. The number of rotatable bonds is 7. The molecule has 0 aliphatic heterocycles. The molecule has 154 valence electrons. The number of benzene rings is 2. The lowest BCUT2D eigenvalue weighted by atomic mass is 9.94. The molecule has 4 rings (SSSR count). The second-order valence-corrected chi connectivity index (χ2v) is 8.52. The van der Waals surface area contributed by atoms with E-state index >= 15 is 0 Å². The molecule has 0 atom stereocenters. The standard InChI is InChI=1S/C23H29N3O2S/c1-26(17-10-5-4-6-11-17)18-12-8-7-9-16(18)15-29-23-24-21-19(27-2)13-14-20(28-3)22(21)25-23/h7-9,12-14,17H,4-6,10-11,15H2,1-3H3,(H,24,25). The third-order valence-electron chi connectivity index (χ3n) is 5.85. The number of hydrogen-bond acceptors (Lipinski definition) is 5. The minimum absolute atomic E-state index is 0.648. The molecule has 3 aromatic rings. The first-order valence-corrected chi connectivity index (χ1v) is 11.2. The number of hydrogen-bond donors (Lipinski definition) is 1. The maximum absolute atomic E-state index is 5.48. The molecular formula is C23H29N3O2S. The van der Waals surface area contributed by atoms with Crippen molar-refractivity contribution in [3.8, 4) is 11.5 Å². The zero-order valence-electron chi connectivity index (χ0n) is 17.4. The summed E-state index contributed by atoms with van der Waals surface area (Å²) in [6, 6.07) is 13.2. The summed E-state index contributed by atoms with van der Waals surface area (Å²) in [4.78, 5) is 10.7. The first-order valence-electron chi connectivity index (χ1n) is 10.3. The van der Waals surface area contributed by atoms with Gasteiger partial charge in [0.25, 0.3) is 0 Å². The van der Waals surface area contributed by atoms with Crippen molar-refractivity contribution in [2.45, 2.75) is 49.1 Å². The van der Waals surface area contributed by atoms with Crippen LogP contribution >= 0.6 is 11.8 Å². The normalized spacial score (nSPS) is 14.9. The maximum atomic E-state index is 5.48. The van der Waals surface area contributed by atoms with Crippen LogP contribution in [0, 0.1) is 0 Å². The Bertz CT molecular complexity index is 925. The van der Waals surface area contributed by atoms with Crippen molar-refractivity contribution in [3.05, 3.63) is 42.0 Å². The molecule has 1 aliphatic rings. The highest BCUT2D eigenvalue weighted by molar-refractivity contribution is 7.98. The quantitative estimate of drug-likeness (QED) is 0.510. The summed E-state index contributed by atoms with van der Waals surface area (Å²) in [6.07, 6.45) is 6.65. The van der Waals surface area contributed by atoms with Crippen LogP contribution in [0.15, 0.2) is 41.6 Å². The number of imidazole rings is 1. The molecule has 5 nitrogen and oxygen atoms in total. The summed E-state index contributed by atoms with van der Waals surface area (Å²) >= 11 is 1.71. The van der Waals surface area contributed by atoms with Gasteiger partial charge in [-0.3, -0.25) is 0 Å². The lowest BCUT2D eigenvalue weighted by molar-refractivity contribution is 0.409. The van der Waals surface area contributed by atoms with Crippen LogP contribution in [-0.4, -0.2) is 37.3 Å². The van der Waals surface area contributed by atoms with Gasteiger partial charge in [-0.1, -0.05) is 49.2 Å². The number of aromatic nitrogens is 2. The second kappa shape index (κ2) is 8.99. The molecule has 2 aromatic carbocycles. The van der Waals surface area contributed by atoms with E-state index in [0.717, 1.165) is 33.4 Å². The van der Waals surface area contributed by atoms with Gasteiger partial charge < -0.3 is 19.4 Å². The number of aromatic amines is 1. The van der Waals surface area contributed by atoms with Gasteiger partial charge in [-0.2, -0.15) is 0 Å². The Kier molecular flexibility index (Phi) is 6.19. The number of thioether (sulfide) groups is 1. The lowest BCUT2D eigenvalue weighted by Gasteiger charge is -2.34. The Balaban J connectivity index is 1.55. The molecule has 0 amide bonds. The first-order chi connectivity index (χ1) is 14.2. The van der Waals surface area contributed by atoms with Crippen molar-refractivity contribution in [3.63, 3.8) is 0 Å². The van der Waals surface area contributed by atoms with Crippen molar-refractivity contribution in [2.24, 2.45) is 0 Å². The fraction of sp³-hybridized carbons (Fsp3) is 0.435. The van der Waals surface area contributed by atoms with E-state index in [1.807, 2.05) is 12.1 Å². The van der Waals surface area contributed by atoms with Gasteiger partial charge >= 0.3 is 0 Å². The highest BCUT2D eigenvalue weighted by atomic mass is 32.2. The molecule has 1 fully saturated rings. The average molecular weight is 412 g/mol. The number of nitrogens with one attached hydrogen (secondary N) is 1. The zero-order chi connectivity index (χ0) is 20.2. The molecule has 0 unspecified atom stereocenters.